The predicted octanol–water partition coefficient (Wildman–Crippen LogP) is 2.41. The number of piperidine rings is 1. The highest BCUT2D eigenvalue weighted by Crippen LogP contribution is 2.14. The second kappa shape index (κ2) is 9.50. The van der Waals surface area contributed by atoms with Crippen molar-refractivity contribution in [3.8, 4) is 0 Å². The predicted molar refractivity (Wildman–Crippen MR) is 86.1 cm³/mol. The number of carbonyl (C=O) groups excluding carboxylic acids is 1. The summed E-state index contributed by atoms with van der Waals surface area (Å²) in [6.07, 6.45) is 6.34. The average Bonchev–Trinajstić information content (AvgIpc) is 2.39. The third kappa shape index (κ3) is 10.0. The molecule has 1 fully saturated rings. The summed E-state index contributed by atoms with van der Waals surface area (Å²) < 4.78 is 5.26. The average molecular weight is 300 g/mol. The molecule has 1 saturated heterocycles. The van der Waals surface area contributed by atoms with Gasteiger partial charge in [0.05, 0.1) is 0 Å². The topological polar surface area (TPSA) is 84.8 Å². The minimum atomic E-state index is -0.367. The van der Waals surface area contributed by atoms with Crippen LogP contribution in [0.5, 0.6) is 0 Å². The Morgan fingerprint density at radius 1 is 1.24 bits per heavy atom. The second-order valence-corrected chi connectivity index (χ2v) is 6.41. The lowest BCUT2D eigenvalue weighted by Gasteiger charge is -2.29. The minimum Gasteiger partial charge on any atom is -0.444 e. The number of amides is 1. The van der Waals surface area contributed by atoms with Crippen molar-refractivity contribution in [1.29, 1.82) is 0 Å². The maximum atomic E-state index is 11.5. The van der Waals surface area contributed by atoms with Gasteiger partial charge in [-0.05, 0) is 53.9 Å². The quantitative estimate of drug-likeness (QED) is 0.604. The van der Waals surface area contributed by atoms with Crippen molar-refractivity contribution in [1.82, 2.24) is 9.91 Å². The molecular weight excluding hydrogens is 268 g/mol. The van der Waals surface area contributed by atoms with Gasteiger partial charge in [-0.15, -0.1) is 0 Å². The molecule has 0 aromatic rings. The van der Waals surface area contributed by atoms with Crippen LogP contribution in [0, 0.1) is 0 Å². The standard InChI is InChI=1S/C10H19NO2.C5H13N3/c1-10(2,3)13-9(12)11-7-5-4-6-8-11;1-5(2)8(7)4-3-6/h4-8H2,1-3H3;3-5H,6-7H2,1-2H3/b;4-3-. The molecule has 0 aromatic carbocycles. The molecule has 1 heterocycles. The van der Waals surface area contributed by atoms with Gasteiger partial charge < -0.3 is 20.4 Å². The van der Waals surface area contributed by atoms with Crippen LogP contribution < -0.4 is 11.6 Å². The molecule has 4 N–H and O–H groups in total. The number of nitrogens with two attached hydrogens (primary N) is 2. The highest BCUT2D eigenvalue weighted by Gasteiger charge is 2.22. The van der Waals surface area contributed by atoms with E-state index in [1.165, 1.54) is 12.6 Å². The summed E-state index contributed by atoms with van der Waals surface area (Å²) in [5.41, 5.74) is 4.70. The lowest BCUT2D eigenvalue weighted by atomic mass is 10.1. The molecule has 0 bridgehead atoms. The fourth-order valence-corrected chi connectivity index (χ4v) is 1.67. The Kier molecular flexibility index (Phi) is 8.85. The van der Waals surface area contributed by atoms with Gasteiger partial charge in [-0.3, -0.25) is 0 Å². The third-order valence-electron chi connectivity index (χ3n) is 2.86. The lowest BCUT2D eigenvalue weighted by molar-refractivity contribution is 0.0216. The Labute approximate surface area is 129 Å². The van der Waals surface area contributed by atoms with E-state index in [2.05, 4.69) is 0 Å². The zero-order valence-electron chi connectivity index (χ0n) is 14.1. The molecule has 0 aliphatic carbocycles. The zero-order valence-corrected chi connectivity index (χ0v) is 14.1. The SMILES string of the molecule is CC(C)(C)OC(=O)N1CCCCC1.CC(C)N(N)/C=C\N. The first-order valence-corrected chi connectivity index (χ1v) is 7.56. The largest absolute Gasteiger partial charge is 0.444 e. The van der Waals surface area contributed by atoms with Gasteiger partial charge in [0, 0.05) is 31.5 Å². The molecule has 0 spiro atoms. The second-order valence-electron chi connectivity index (χ2n) is 6.41. The first-order chi connectivity index (χ1) is 9.67. The Bertz CT molecular complexity index is 318. The molecule has 0 radical (unpaired) electrons. The first-order valence-electron chi connectivity index (χ1n) is 7.56. The van der Waals surface area contributed by atoms with Crippen molar-refractivity contribution in [2.75, 3.05) is 13.1 Å². The van der Waals surface area contributed by atoms with Gasteiger partial charge in [0.2, 0.25) is 0 Å². The van der Waals surface area contributed by atoms with Gasteiger partial charge in [0.15, 0.2) is 0 Å². The molecule has 6 heteroatoms. The van der Waals surface area contributed by atoms with Crippen molar-refractivity contribution in [2.24, 2.45) is 11.6 Å². The summed E-state index contributed by atoms with van der Waals surface area (Å²) in [5, 5.41) is 1.54. The normalized spacial score (nSPS) is 15.7. The van der Waals surface area contributed by atoms with E-state index in [0.717, 1.165) is 25.9 Å². The van der Waals surface area contributed by atoms with Crippen LogP contribution in [0.2, 0.25) is 0 Å². The van der Waals surface area contributed by atoms with Crippen LogP contribution in [0.25, 0.3) is 0 Å². The number of ether oxygens (including phenoxy) is 1. The minimum absolute atomic E-state index is 0.160. The van der Waals surface area contributed by atoms with Crippen LogP contribution in [-0.4, -0.2) is 40.7 Å². The molecule has 1 rings (SSSR count). The lowest BCUT2D eigenvalue weighted by Crippen LogP contribution is -2.39. The molecule has 1 aliphatic heterocycles. The van der Waals surface area contributed by atoms with Crippen molar-refractivity contribution >= 4 is 6.09 Å². The van der Waals surface area contributed by atoms with E-state index >= 15 is 0 Å². The Morgan fingerprint density at radius 3 is 2.10 bits per heavy atom. The van der Waals surface area contributed by atoms with Gasteiger partial charge in [-0.2, -0.15) is 0 Å². The monoisotopic (exact) mass is 300 g/mol. The maximum Gasteiger partial charge on any atom is 0.410 e. The van der Waals surface area contributed by atoms with Gasteiger partial charge in [-0.1, -0.05) is 0 Å². The number of hydrazine groups is 1. The van der Waals surface area contributed by atoms with Crippen LogP contribution in [0.3, 0.4) is 0 Å². The highest BCUT2D eigenvalue weighted by atomic mass is 16.6. The van der Waals surface area contributed by atoms with E-state index in [0.29, 0.717) is 6.04 Å². The van der Waals surface area contributed by atoms with Gasteiger partial charge in [0.25, 0.3) is 0 Å². The number of likely N-dealkylation sites (tertiary alicyclic amines) is 1. The Hall–Kier alpha value is -1.43. The zero-order chi connectivity index (χ0) is 16.5. The summed E-state index contributed by atoms with van der Waals surface area (Å²) in [4.78, 5) is 13.3. The number of nitrogens with zero attached hydrogens (tertiary/aromatic N) is 2. The van der Waals surface area contributed by atoms with Crippen molar-refractivity contribution in [3.63, 3.8) is 0 Å². The van der Waals surface area contributed by atoms with E-state index < -0.39 is 0 Å². The smallest absolute Gasteiger partial charge is 0.410 e. The Balaban J connectivity index is 0.000000433. The summed E-state index contributed by atoms with van der Waals surface area (Å²) in [6.45, 7) is 11.4. The fourth-order valence-electron chi connectivity index (χ4n) is 1.67. The van der Waals surface area contributed by atoms with Crippen LogP contribution >= 0.6 is 0 Å². The van der Waals surface area contributed by atoms with Crippen molar-refractivity contribution in [3.05, 3.63) is 12.4 Å². The number of hydrogen-bond donors (Lipinski definition) is 2. The summed E-state index contributed by atoms with van der Waals surface area (Å²) in [7, 11) is 0. The molecule has 1 amide bonds. The van der Waals surface area contributed by atoms with E-state index in [4.69, 9.17) is 16.3 Å². The summed E-state index contributed by atoms with van der Waals surface area (Å²) in [5.74, 6) is 5.39. The molecule has 124 valence electrons. The molecule has 0 saturated carbocycles. The number of carbonyl (C=O) groups is 1. The van der Waals surface area contributed by atoms with E-state index in [1.807, 2.05) is 34.6 Å². The van der Waals surface area contributed by atoms with Crippen LogP contribution in [0.15, 0.2) is 12.4 Å². The van der Waals surface area contributed by atoms with Crippen molar-refractivity contribution in [2.45, 2.75) is 65.5 Å². The molecule has 21 heavy (non-hydrogen) atoms. The van der Waals surface area contributed by atoms with Crippen LogP contribution in [0.1, 0.15) is 53.9 Å². The summed E-state index contributed by atoms with van der Waals surface area (Å²) >= 11 is 0. The molecule has 6 nitrogen and oxygen atoms in total. The van der Waals surface area contributed by atoms with E-state index in [9.17, 15) is 4.79 Å². The molecule has 0 atom stereocenters. The molecule has 1 aliphatic rings. The van der Waals surface area contributed by atoms with Gasteiger partial charge >= 0.3 is 6.09 Å². The number of hydrogen-bond acceptors (Lipinski definition) is 5. The van der Waals surface area contributed by atoms with E-state index in [1.54, 1.807) is 16.1 Å². The molecular formula is C15H32N4O2. The first kappa shape index (κ1) is 19.6. The van der Waals surface area contributed by atoms with Gasteiger partial charge in [0.1, 0.15) is 5.60 Å². The van der Waals surface area contributed by atoms with Crippen LogP contribution in [-0.2, 0) is 4.74 Å². The fraction of sp³-hybridized carbons (Fsp3) is 0.800. The van der Waals surface area contributed by atoms with Crippen LogP contribution in [0.4, 0.5) is 4.79 Å². The molecule has 0 aromatic heterocycles. The van der Waals surface area contributed by atoms with Crippen molar-refractivity contribution < 1.29 is 9.53 Å². The number of rotatable bonds is 2. The highest BCUT2D eigenvalue weighted by molar-refractivity contribution is 5.68. The maximum absolute atomic E-state index is 11.5. The van der Waals surface area contributed by atoms with Gasteiger partial charge in [-0.25, -0.2) is 10.6 Å². The summed E-state index contributed by atoms with van der Waals surface area (Å²) in [6, 6.07) is 0.315. The Morgan fingerprint density at radius 2 is 1.76 bits per heavy atom. The third-order valence-corrected chi connectivity index (χ3v) is 2.86. The molecule has 0 unspecified atom stereocenters. The van der Waals surface area contributed by atoms with E-state index in [-0.39, 0.29) is 11.7 Å².